The van der Waals surface area contributed by atoms with Crippen LogP contribution in [0.2, 0.25) is 0 Å². The van der Waals surface area contributed by atoms with Crippen molar-refractivity contribution in [3.05, 3.63) is 29.8 Å². The largest absolute Gasteiger partial charge is 0.497 e. The van der Waals surface area contributed by atoms with Crippen molar-refractivity contribution in [1.29, 1.82) is 5.26 Å². The van der Waals surface area contributed by atoms with E-state index in [9.17, 15) is 8.42 Å². The van der Waals surface area contributed by atoms with E-state index in [-0.39, 0.29) is 5.75 Å². The van der Waals surface area contributed by atoms with E-state index in [0.29, 0.717) is 5.75 Å². The van der Waals surface area contributed by atoms with Crippen LogP contribution in [0.3, 0.4) is 0 Å². The van der Waals surface area contributed by atoms with E-state index < -0.39 is 26.5 Å². The van der Waals surface area contributed by atoms with Gasteiger partial charge in [-0.2, -0.15) is 5.26 Å². The molecule has 0 unspecified atom stereocenters. The van der Waals surface area contributed by atoms with Gasteiger partial charge in [-0.15, -0.1) is 0 Å². The highest BCUT2D eigenvalue weighted by Gasteiger charge is 2.69. The molecule has 0 amide bonds. The number of methoxy groups -OCH3 is 1. The minimum atomic E-state index is -3.34. The van der Waals surface area contributed by atoms with Gasteiger partial charge in [0, 0.05) is 11.7 Å². The molecule has 19 heavy (non-hydrogen) atoms. The zero-order chi connectivity index (χ0) is 14.3. The zero-order valence-electron chi connectivity index (χ0n) is 10.8. The van der Waals surface area contributed by atoms with Gasteiger partial charge < -0.3 is 10.5 Å². The average molecular weight is 280 g/mol. The number of rotatable bonds is 4. The summed E-state index contributed by atoms with van der Waals surface area (Å²) in [7, 11) is -1.78. The van der Waals surface area contributed by atoms with Crippen LogP contribution >= 0.6 is 0 Å². The van der Waals surface area contributed by atoms with Crippen molar-refractivity contribution in [2.75, 3.05) is 12.9 Å². The second-order valence-corrected chi connectivity index (χ2v) is 7.08. The first-order valence-corrected chi connectivity index (χ1v) is 7.68. The van der Waals surface area contributed by atoms with Crippen LogP contribution in [-0.4, -0.2) is 32.1 Å². The summed E-state index contributed by atoms with van der Waals surface area (Å²) in [6.07, 6.45) is 0. The number of hydrogen-bond acceptors (Lipinski definition) is 5. The molecule has 2 rings (SSSR count). The first-order chi connectivity index (χ1) is 8.90. The average Bonchev–Trinajstić information content (AvgIpc) is 3.07. The molecule has 0 heterocycles. The summed E-state index contributed by atoms with van der Waals surface area (Å²) in [4.78, 5) is 0. The van der Waals surface area contributed by atoms with E-state index in [1.807, 2.05) is 6.07 Å². The highest BCUT2D eigenvalue weighted by atomic mass is 32.2. The number of nitrogens with zero attached hydrogens (tertiary/aromatic N) is 1. The van der Waals surface area contributed by atoms with Crippen LogP contribution in [0.4, 0.5) is 0 Å². The summed E-state index contributed by atoms with van der Waals surface area (Å²) in [6, 6.07) is 8.94. The third-order valence-electron chi connectivity index (χ3n) is 3.64. The van der Waals surface area contributed by atoms with Crippen molar-refractivity contribution in [2.45, 2.75) is 23.6 Å². The molecule has 3 atom stereocenters. The van der Waals surface area contributed by atoms with Gasteiger partial charge >= 0.3 is 0 Å². The summed E-state index contributed by atoms with van der Waals surface area (Å²) in [5.41, 5.74) is 5.37. The van der Waals surface area contributed by atoms with Crippen molar-refractivity contribution in [2.24, 2.45) is 5.73 Å². The molecule has 0 bridgehead atoms. The molecule has 6 heteroatoms. The Morgan fingerprint density at radius 1 is 1.42 bits per heavy atom. The minimum Gasteiger partial charge on any atom is -0.497 e. The third kappa shape index (κ3) is 2.09. The lowest BCUT2D eigenvalue weighted by Gasteiger charge is -2.03. The van der Waals surface area contributed by atoms with Crippen molar-refractivity contribution in [3.8, 4) is 11.8 Å². The van der Waals surface area contributed by atoms with Gasteiger partial charge in [-0.3, -0.25) is 0 Å². The third-order valence-corrected chi connectivity index (χ3v) is 5.88. The second kappa shape index (κ2) is 4.51. The van der Waals surface area contributed by atoms with Crippen LogP contribution in [0.25, 0.3) is 0 Å². The van der Waals surface area contributed by atoms with Crippen LogP contribution in [-0.2, 0) is 9.84 Å². The molecule has 0 saturated heterocycles. The van der Waals surface area contributed by atoms with E-state index in [2.05, 4.69) is 0 Å². The Labute approximate surface area is 112 Å². The Morgan fingerprint density at radius 3 is 2.42 bits per heavy atom. The molecule has 1 aliphatic rings. The van der Waals surface area contributed by atoms with E-state index in [1.165, 1.54) is 0 Å². The summed E-state index contributed by atoms with van der Waals surface area (Å²) in [6.45, 7) is 1.57. The van der Waals surface area contributed by atoms with Crippen LogP contribution in [0.1, 0.15) is 18.4 Å². The normalized spacial score (nSPS) is 29.6. The van der Waals surface area contributed by atoms with Crippen LogP contribution in [0.5, 0.6) is 5.75 Å². The Hall–Kier alpha value is -1.58. The van der Waals surface area contributed by atoms with Crippen LogP contribution in [0.15, 0.2) is 24.3 Å². The number of hydrogen-bond donors (Lipinski definition) is 1. The lowest BCUT2D eigenvalue weighted by molar-refractivity contribution is 0.414. The molecule has 0 aromatic heterocycles. The van der Waals surface area contributed by atoms with E-state index in [4.69, 9.17) is 15.7 Å². The molecule has 0 radical (unpaired) electrons. The second-order valence-electron chi connectivity index (χ2n) is 4.67. The molecule has 2 N–H and O–H groups in total. The van der Waals surface area contributed by atoms with Gasteiger partial charge in [-0.1, -0.05) is 19.1 Å². The van der Waals surface area contributed by atoms with Gasteiger partial charge in [0.1, 0.15) is 16.5 Å². The van der Waals surface area contributed by atoms with Gasteiger partial charge in [0.25, 0.3) is 0 Å². The maximum Gasteiger partial charge on any atom is 0.156 e. The maximum atomic E-state index is 12.0. The summed E-state index contributed by atoms with van der Waals surface area (Å²) < 4.78 is 29.0. The number of nitriles is 1. The SMILES string of the molecule is CCS(=O)(=O)[C@@H]1[C@@H](c2ccc(OC)cc2)[C@@]1(N)C#N. The fraction of sp³-hybridized carbons (Fsp3) is 0.462. The van der Waals surface area contributed by atoms with Gasteiger partial charge in [0.15, 0.2) is 9.84 Å². The molecule has 1 saturated carbocycles. The fourth-order valence-electron chi connectivity index (χ4n) is 2.45. The fourth-order valence-corrected chi connectivity index (χ4v) is 4.32. The minimum absolute atomic E-state index is 0.00898. The molecule has 5 nitrogen and oxygen atoms in total. The highest BCUT2D eigenvalue weighted by Crippen LogP contribution is 2.54. The lowest BCUT2D eigenvalue weighted by Crippen LogP contribution is -2.29. The van der Waals surface area contributed by atoms with Crippen LogP contribution < -0.4 is 10.5 Å². The first-order valence-electron chi connectivity index (χ1n) is 5.96. The Morgan fingerprint density at radius 2 is 2.00 bits per heavy atom. The molecule has 0 spiro atoms. The standard InChI is InChI=1S/C13H16N2O3S/c1-3-19(16,17)12-11(13(12,15)8-14)9-4-6-10(18-2)7-5-9/h4-7,11-12H,3,15H2,1-2H3/t11-,12-,13+/m1/s1. The van der Waals surface area contributed by atoms with Crippen molar-refractivity contribution < 1.29 is 13.2 Å². The van der Waals surface area contributed by atoms with Gasteiger partial charge in [0.05, 0.1) is 13.2 Å². The molecular formula is C13H16N2O3S. The Bertz CT molecular complexity index is 618. The molecule has 1 aliphatic carbocycles. The molecule has 0 aliphatic heterocycles. The van der Waals surface area contributed by atoms with Crippen molar-refractivity contribution in [1.82, 2.24) is 0 Å². The summed E-state index contributed by atoms with van der Waals surface area (Å²) in [5, 5.41) is 8.35. The van der Waals surface area contributed by atoms with E-state index in [0.717, 1.165) is 5.56 Å². The molecule has 1 aromatic carbocycles. The predicted octanol–water partition coefficient (Wildman–Crippen LogP) is 0.817. The number of sulfone groups is 1. The van der Waals surface area contributed by atoms with Crippen molar-refractivity contribution in [3.63, 3.8) is 0 Å². The number of nitrogens with two attached hydrogens (primary N) is 1. The van der Waals surface area contributed by atoms with E-state index in [1.54, 1.807) is 38.3 Å². The van der Waals surface area contributed by atoms with Crippen LogP contribution in [0, 0.1) is 11.3 Å². The van der Waals surface area contributed by atoms with Gasteiger partial charge in [-0.25, -0.2) is 8.42 Å². The number of benzene rings is 1. The predicted molar refractivity (Wildman–Crippen MR) is 71.5 cm³/mol. The zero-order valence-corrected chi connectivity index (χ0v) is 11.6. The number of ether oxygens (including phenoxy) is 1. The highest BCUT2D eigenvalue weighted by molar-refractivity contribution is 7.92. The van der Waals surface area contributed by atoms with E-state index >= 15 is 0 Å². The topological polar surface area (TPSA) is 93.2 Å². The summed E-state index contributed by atoms with van der Waals surface area (Å²) >= 11 is 0. The smallest absolute Gasteiger partial charge is 0.156 e. The molecule has 102 valence electrons. The van der Waals surface area contributed by atoms with Gasteiger partial charge in [0.2, 0.25) is 0 Å². The Balaban J connectivity index is 2.37. The maximum absolute atomic E-state index is 12.0. The molecular weight excluding hydrogens is 264 g/mol. The summed E-state index contributed by atoms with van der Waals surface area (Å²) in [5.74, 6) is 0.206. The molecule has 1 fully saturated rings. The Kier molecular flexibility index (Phi) is 3.29. The monoisotopic (exact) mass is 280 g/mol. The van der Waals surface area contributed by atoms with Gasteiger partial charge in [-0.05, 0) is 17.7 Å². The van der Waals surface area contributed by atoms with Crippen molar-refractivity contribution >= 4 is 9.84 Å². The lowest BCUT2D eigenvalue weighted by atomic mass is 10.1. The quantitative estimate of drug-likeness (QED) is 0.881. The molecule has 1 aromatic rings. The first kappa shape index (κ1) is 13.8.